The minimum absolute atomic E-state index is 0.0233. The zero-order chi connectivity index (χ0) is 24.6. The maximum absolute atomic E-state index is 12.8. The number of pyridine rings is 2. The Morgan fingerprint density at radius 3 is 2.86 bits per heavy atom. The fourth-order valence-corrected chi connectivity index (χ4v) is 6.13. The number of hydrogen-bond acceptors (Lipinski definition) is 7. The number of hydrogen-bond donors (Lipinski definition) is 1. The highest BCUT2D eigenvalue weighted by Crippen LogP contribution is 2.36. The van der Waals surface area contributed by atoms with Gasteiger partial charge in [-0.1, -0.05) is 11.3 Å². The highest BCUT2D eigenvalue weighted by atomic mass is 79.9. The highest BCUT2D eigenvalue weighted by molar-refractivity contribution is 9.11. The molecule has 1 amide bonds. The third kappa shape index (κ3) is 4.44. The number of carbonyl (C=O) groups is 1. The molecule has 1 saturated carbocycles. The van der Waals surface area contributed by atoms with Crippen molar-refractivity contribution in [3.8, 4) is 17.3 Å². The Labute approximate surface area is 219 Å². The van der Waals surface area contributed by atoms with Crippen LogP contribution in [0.15, 0.2) is 58.8 Å². The van der Waals surface area contributed by atoms with Crippen LogP contribution in [-0.2, 0) is 0 Å². The van der Waals surface area contributed by atoms with Gasteiger partial charge in [0.2, 0.25) is 0 Å². The van der Waals surface area contributed by atoms with Gasteiger partial charge in [-0.15, -0.1) is 16.4 Å². The van der Waals surface area contributed by atoms with Gasteiger partial charge in [0, 0.05) is 24.3 Å². The van der Waals surface area contributed by atoms with Gasteiger partial charge in [-0.2, -0.15) is 0 Å². The van der Waals surface area contributed by atoms with E-state index in [4.69, 9.17) is 4.98 Å². The van der Waals surface area contributed by atoms with E-state index in [1.165, 1.54) is 11.3 Å². The Bertz CT molecular complexity index is 1540. The van der Waals surface area contributed by atoms with Gasteiger partial charge in [0.15, 0.2) is 11.6 Å². The van der Waals surface area contributed by atoms with Gasteiger partial charge >= 0.3 is 0 Å². The van der Waals surface area contributed by atoms with E-state index in [0.29, 0.717) is 10.7 Å². The van der Waals surface area contributed by atoms with Crippen LogP contribution in [0.4, 0.5) is 0 Å². The molecule has 0 aromatic carbocycles. The Morgan fingerprint density at radius 2 is 2.11 bits per heavy atom. The van der Waals surface area contributed by atoms with Crippen LogP contribution in [0.5, 0.6) is 0 Å². The first-order valence-corrected chi connectivity index (χ1v) is 13.4. The summed E-state index contributed by atoms with van der Waals surface area (Å²) in [6.45, 7) is 1.90. The maximum Gasteiger partial charge on any atom is 0.261 e. The quantitative estimate of drug-likeness (QED) is 0.319. The van der Waals surface area contributed by atoms with E-state index in [1.54, 1.807) is 17.1 Å². The number of nitrogens with zero attached hydrogens (tertiary/aromatic N) is 7. The van der Waals surface area contributed by atoms with Crippen LogP contribution < -0.4 is 5.32 Å². The number of rotatable bonds is 5. The van der Waals surface area contributed by atoms with Crippen LogP contribution in [0.1, 0.15) is 47.1 Å². The van der Waals surface area contributed by atoms with E-state index in [-0.39, 0.29) is 18.0 Å². The van der Waals surface area contributed by atoms with Gasteiger partial charge in [0.1, 0.15) is 11.2 Å². The smallest absolute Gasteiger partial charge is 0.261 e. The molecule has 2 atom stereocenters. The third-order valence-corrected chi connectivity index (χ3v) is 8.06. The minimum Gasteiger partial charge on any atom is -0.349 e. The zero-order valence-electron chi connectivity index (χ0n) is 19.5. The van der Waals surface area contributed by atoms with Crippen molar-refractivity contribution in [3.05, 3.63) is 69.3 Å². The number of thiophene rings is 1. The molecule has 1 fully saturated rings. The van der Waals surface area contributed by atoms with E-state index in [9.17, 15) is 4.79 Å². The summed E-state index contributed by atoms with van der Waals surface area (Å²) in [5.74, 6) is 1.46. The predicted molar refractivity (Wildman–Crippen MR) is 141 cm³/mol. The minimum atomic E-state index is -0.0233. The lowest BCUT2D eigenvalue weighted by molar-refractivity contribution is 0.0925. The van der Waals surface area contributed by atoms with Crippen LogP contribution in [-0.4, -0.2) is 46.5 Å². The second-order valence-electron chi connectivity index (χ2n) is 8.95. The van der Waals surface area contributed by atoms with Crippen molar-refractivity contribution >= 4 is 44.2 Å². The van der Waals surface area contributed by atoms with Crippen LogP contribution in [0, 0.1) is 6.92 Å². The molecule has 182 valence electrons. The van der Waals surface area contributed by atoms with Crippen molar-refractivity contribution in [2.24, 2.45) is 0 Å². The van der Waals surface area contributed by atoms with Crippen LogP contribution in [0.3, 0.4) is 0 Å². The molecule has 5 heterocycles. The maximum atomic E-state index is 12.8. The second-order valence-corrected chi connectivity index (χ2v) is 11.4. The first-order valence-electron chi connectivity index (χ1n) is 11.8. The van der Waals surface area contributed by atoms with Crippen molar-refractivity contribution in [1.29, 1.82) is 0 Å². The molecule has 1 N–H and O–H groups in total. The van der Waals surface area contributed by atoms with Gasteiger partial charge < -0.3 is 9.88 Å². The first kappa shape index (κ1) is 23.0. The molecule has 1 aliphatic rings. The summed E-state index contributed by atoms with van der Waals surface area (Å²) in [6.07, 6.45) is 9.16. The number of aryl methyl sites for hydroxylation is 1. The van der Waals surface area contributed by atoms with Crippen LogP contribution >= 0.6 is 27.3 Å². The molecule has 9 nitrogen and oxygen atoms in total. The molecule has 0 radical (unpaired) electrons. The lowest BCUT2D eigenvalue weighted by Crippen LogP contribution is -2.38. The molecule has 0 bridgehead atoms. The van der Waals surface area contributed by atoms with Gasteiger partial charge in [0.25, 0.3) is 5.91 Å². The standard InChI is InChI=1S/C25H23BrN8OS/c1-15-14-33(32-31-15)23-12-20-19(13-28-23)30-24(18-7-2-3-10-27-18)34(20)17-6-4-5-16(11-17)29-25(35)21-8-9-22(26)36-21/h2-3,7-10,12-14,16-17H,4-6,11H2,1H3,(H,29,35)/t16-,17+/m0/s1. The lowest BCUT2D eigenvalue weighted by Gasteiger charge is -2.31. The normalized spacial score (nSPS) is 17.9. The van der Waals surface area contributed by atoms with Gasteiger partial charge in [-0.05, 0) is 72.8 Å². The summed E-state index contributed by atoms with van der Waals surface area (Å²) >= 11 is 4.89. The third-order valence-electron chi connectivity index (χ3n) is 6.44. The average Bonchev–Trinajstić information content (AvgIpc) is 3.62. The van der Waals surface area contributed by atoms with Crippen LogP contribution in [0.25, 0.3) is 28.4 Å². The van der Waals surface area contributed by atoms with Crippen molar-refractivity contribution < 1.29 is 4.79 Å². The summed E-state index contributed by atoms with van der Waals surface area (Å²) in [4.78, 5) is 27.7. The molecular weight excluding hydrogens is 540 g/mol. The average molecular weight is 563 g/mol. The molecule has 0 spiro atoms. The highest BCUT2D eigenvalue weighted by Gasteiger charge is 2.29. The molecule has 0 unspecified atom stereocenters. The Kier molecular flexibility index (Phi) is 6.10. The Balaban J connectivity index is 1.38. The SMILES string of the molecule is Cc1cn(-c2cc3c(cn2)nc(-c2ccccn2)n3[C@@H]2CCC[C@H](NC(=O)c3ccc(Br)s3)C2)nn1. The summed E-state index contributed by atoms with van der Waals surface area (Å²) in [7, 11) is 0. The fourth-order valence-electron chi connectivity index (χ4n) is 4.84. The summed E-state index contributed by atoms with van der Waals surface area (Å²) in [5, 5.41) is 11.5. The number of fused-ring (bicyclic) bond motifs is 1. The molecule has 1 aliphatic carbocycles. The topological polar surface area (TPSA) is 103 Å². The molecule has 36 heavy (non-hydrogen) atoms. The number of carbonyl (C=O) groups excluding carboxylic acids is 1. The number of nitrogens with one attached hydrogen (secondary N) is 1. The second kappa shape index (κ2) is 9.55. The first-order chi connectivity index (χ1) is 17.5. The zero-order valence-corrected chi connectivity index (χ0v) is 21.9. The van der Waals surface area contributed by atoms with E-state index >= 15 is 0 Å². The van der Waals surface area contributed by atoms with Gasteiger partial charge in [-0.25, -0.2) is 14.6 Å². The van der Waals surface area contributed by atoms with Gasteiger partial charge in [0.05, 0.1) is 32.3 Å². The Morgan fingerprint density at radius 1 is 1.19 bits per heavy atom. The largest absolute Gasteiger partial charge is 0.349 e. The van der Waals surface area contributed by atoms with Crippen molar-refractivity contribution in [2.45, 2.75) is 44.7 Å². The molecule has 11 heteroatoms. The summed E-state index contributed by atoms with van der Waals surface area (Å²) in [6, 6.07) is 11.8. The van der Waals surface area contributed by atoms with Crippen molar-refractivity contribution in [3.63, 3.8) is 0 Å². The number of amides is 1. The lowest BCUT2D eigenvalue weighted by atomic mass is 9.90. The number of imidazole rings is 1. The summed E-state index contributed by atoms with van der Waals surface area (Å²) in [5.41, 5.74) is 3.39. The van der Waals surface area contributed by atoms with Crippen LogP contribution in [0.2, 0.25) is 0 Å². The molecule has 0 saturated heterocycles. The number of aromatic nitrogens is 7. The van der Waals surface area contributed by atoms with E-state index in [1.807, 2.05) is 49.5 Å². The van der Waals surface area contributed by atoms with E-state index < -0.39 is 0 Å². The van der Waals surface area contributed by atoms with E-state index in [0.717, 1.165) is 57.7 Å². The molecule has 0 aliphatic heterocycles. The molecule has 5 aromatic rings. The Hall–Kier alpha value is -3.44. The molecule has 5 aromatic heterocycles. The fraction of sp³-hybridized carbons (Fsp3) is 0.280. The van der Waals surface area contributed by atoms with Gasteiger partial charge in [-0.3, -0.25) is 9.78 Å². The molecule has 6 rings (SSSR count). The van der Waals surface area contributed by atoms with E-state index in [2.05, 4.69) is 46.1 Å². The summed E-state index contributed by atoms with van der Waals surface area (Å²) < 4.78 is 4.90. The van der Waals surface area contributed by atoms with Crippen molar-refractivity contribution in [1.82, 2.24) is 39.8 Å². The molecular formula is C25H23BrN8OS. The van der Waals surface area contributed by atoms with Crippen molar-refractivity contribution in [2.75, 3.05) is 0 Å². The monoisotopic (exact) mass is 562 g/mol. The number of halogens is 1. The predicted octanol–water partition coefficient (Wildman–Crippen LogP) is 5.12.